The van der Waals surface area contributed by atoms with Crippen LogP contribution < -0.4 is 0 Å². The molecule has 112 valence electrons. The zero-order valence-corrected chi connectivity index (χ0v) is 12.0. The van der Waals surface area contributed by atoms with Crippen molar-refractivity contribution < 1.29 is 28.5 Å². The predicted molar refractivity (Wildman–Crippen MR) is 70.1 cm³/mol. The molecule has 0 saturated heterocycles. The van der Waals surface area contributed by atoms with Gasteiger partial charge in [-0.3, -0.25) is 0 Å². The number of hydrogen-bond donors (Lipinski definition) is 0. The standard InChI is InChI=1S/C13H24O6/c1-11(2)13(14)19-10-12(18-8-6-16-4)9-17-7-5-15-3/h12H,1,5-10H2,2-4H3. The number of esters is 1. The number of rotatable bonds is 12. The molecule has 6 heteroatoms. The minimum atomic E-state index is -0.433. The SMILES string of the molecule is C=C(C)C(=O)OCC(COCCOC)OCCOC. The van der Waals surface area contributed by atoms with Crippen LogP contribution >= 0.6 is 0 Å². The second-order valence-corrected chi connectivity index (χ2v) is 3.93. The molecule has 0 bridgehead atoms. The quantitative estimate of drug-likeness (QED) is 0.298. The van der Waals surface area contributed by atoms with Crippen LogP contribution in [0.25, 0.3) is 0 Å². The van der Waals surface area contributed by atoms with Crippen LogP contribution in [-0.4, -0.2) is 65.9 Å². The average molecular weight is 276 g/mol. The van der Waals surface area contributed by atoms with Crippen molar-refractivity contribution in [1.82, 2.24) is 0 Å². The molecular formula is C13H24O6. The molecule has 0 fully saturated rings. The Labute approximate surface area is 114 Å². The highest BCUT2D eigenvalue weighted by Crippen LogP contribution is 1.99. The van der Waals surface area contributed by atoms with E-state index in [-0.39, 0.29) is 12.7 Å². The molecule has 0 rings (SSSR count). The summed E-state index contributed by atoms with van der Waals surface area (Å²) in [6.07, 6.45) is -0.324. The summed E-state index contributed by atoms with van der Waals surface area (Å²) in [6, 6.07) is 0. The van der Waals surface area contributed by atoms with Crippen LogP contribution in [0.3, 0.4) is 0 Å². The summed E-state index contributed by atoms with van der Waals surface area (Å²) in [5.74, 6) is -0.433. The summed E-state index contributed by atoms with van der Waals surface area (Å²) >= 11 is 0. The van der Waals surface area contributed by atoms with E-state index in [9.17, 15) is 4.79 Å². The van der Waals surface area contributed by atoms with Gasteiger partial charge in [-0.1, -0.05) is 6.58 Å². The maximum absolute atomic E-state index is 11.3. The van der Waals surface area contributed by atoms with Crippen LogP contribution in [0.5, 0.6) is 0 Å². The lowest BCUT2D eigenvalue weighted by Gasteiger charge is -2.18. The zero-order valence-electron chi connectivity index (χ0n) is 12.0. The van der Waals surface area contributed by atoms with Gasteiger partial charge in [0.25, 0.3) is 0 Å². The zero-order chi connectivity index (χ0) is 14.5. The smallest absolute Gasteiger partial charge is 0.333 e. The van der Waals surface area contributed by atoms with E-state index in [1.165, 1.54) is 0 Å². The first-order chi connectivity index (χ1) is 9.11. The van der Waals surface area contributed by atoms with Crippen molar-refractivity contribution in [2.75, 3.05) is 53.9 Å². The van der Waals surface area contributed by atoms with Gasteiger partial charge in [0.15, 0.2) is 0 Å². The van der Waals surface area contributed by atoms with E-state index < -0.39 is 5.97 Å². The highest BCUT2D eigenvalue weighted by Gasteiger charge is 2.13. The Hall–Kier alpha value is -0.950. The highest BCUT2D eigenvalue weighted by atomic mass is 16.6. The fourth-order valence-corrected chi connectivity index (χ4v) is 1.09. The summed E-state index contributed by atoms with van der Waals surface area (Å²) in [4.78, 5) is 11.3. The van der Waals surface area contributed by atoms with Crippen molar-refractivity contribution in [3.05, 3.63) is 12.2 Å². The van der Waals surface area contributed by atoms with Gasteiger partial charge < -0.3 is 23.7 Å². The molecule has 19 heavy (non-hydrogen) atoms. The summed E-state index contributed by atoms with van der Waals surface area (Å²) in [6.45, 7) is 7.43. The minimum Gasteiger partial charge on any atom is -0.459 e. The lowest BCUT2D eigenvalue weighted by Crippen LogP contribution is -2.29. The van der Waals surface area contributed by atoms with Gasteiger partial charge in [-0.05, 0) is 6.92 Å². The molecule has 0 aliphatic carbocycles. The molecule has 0 aromatic carbocycles. The van der Waals surface area contributed by atoms with Crippen molar-refractivity contribution in [2.24, 2.45) is 0 Å². The molecule has 0 amide bonds. The molecule has 0 N–H and O–H groups in total. The Morgan fingerprint density at radius 1 is 1.05 bits per heavy atom. The number of carbonyl (C=O) groups excluding carboxylic acids is 1. The van der Waals surface area contributed by atoms with Crippen molar-refractivity contribution in [2.45, 2.75) is 13.0 Å². The van der Waals surface area contributed by atoms with E-state index in [0.29, 0.717) is 38.6 Å². The topological polar surface area (TPSA) is 63.2 Å². The molecule has 0 spiro atoms. The Balaban J connectivity index is 3.94. The molecule has 0 aromatic rings. The van der Waals surface area contributed by atoms with Gasteiger partial charge in [-0.15, -0.1) is 0 Å². The van der Waals surface area contributed by atoms with Gasteiger partial charge in [-0.25, -0.2) is 4.79 Å². The largest absolute Gasteiger partial charge is 0.459 e. The number of hydrogen-bond acceptors (Lipinski definition) is 6. The van der Waals surface area contributed by atoms with Gasteiger partial charge in [-0.2, -0.15) is 0 Å². The Morgan fingerprint density at radius 2 is 1.68 bits per heavy atom. The van der Waals surface area contributed by atoms with Crippen molar-refractivity contribution in [1.29, 1.82) is 0 Å². The van der Waals surface area contributed by atoms with E-state index in [1.807, 2.05) is 0 Å². The third kappa shape index (κ3) is 10.6. The summed E-state index contributed by atoms with van der Waals surface area (Å²) < 4.78 is 25.6. The first-order valence-electron chi connectivity index (χ1n) is 6.11. The highest BCUT2D eigenvalue weighted by molar-refractivity contribution is 5.86. The minimum absolute atomic E-state index is 0.127. The van der Waals surface area contributed by atoms with E-state index in [1.54, 1.807) is 21.1 Å². The third-order valence-electron chi connectivity index (χ3n) is 2.13. The van der Waals surface area contributed by atoms with Crippen LogP contribution in [0, 0.1) is 0 Å². The molecule has 1 atom stereocenters. The molecule has 0 radical (unpaired) electrons. The maximum Gasteiger partial charge on any atom is 0.333 e. The van der Waals surface area contributed by atoms with Crippen LogP contribution in [0.2, 0.25) is 0 Å². The summed E-state index contributed by atoms with van der Waals surface area (Å²) in [5, 5.41) is 0. The number of methoxy groups -OCH3 is 2. The second kappa shape index (κ2) is 12.1. The molecule has 1 unspecified atom stereocenters. The van der Waals surface area contributed by atoms with Crippen LogP contribution in [0.4, 0.5) is 0 Å². The van der Waals surface area contributed by atoms with E-state index in [0.717, 1.165) is 0 Å². The number of carbonyl (C=O) groups is 1. The van der Waals surface area contributed by atoms with E-state index >= 15 is 0 Å². The lowest BCUT2D eigenvalue weighted by molar-refractivity contribution is -0.145. The van der Waals surface area contributed by atoms with E-state index in [4.69, 9.17) is 23.7 Å². The Bertz CT molecular complexity index is 254. The number of ether oxygens (including phenoxy) is 5. The van der Waals surface area contributed by atoms with Crippen LogP contribution in [0.15, 0.2) is 12.2 Å². The van der Waals surface area contributed by atoms with Crippen molar-refractivity contribution in [3.63, 3.8) is 0 Å². The third-order valence-corrected chi connectivity index (χ3v) is 2.13. The monoisotopic (exact) mass is 276 g/mol. The average Bonchev–Trinajstić information content (AvgIpc) is 2.39. The van der Waals surface area contributed by atoms with Crippen molar-refractivity contribution >= 4 is 5.97 Å². The predicted octanol–water partition coefficient (Wildman–Crippen LogP) is 0.800. The van der Waals surface area contributed by atoms with Crippen LogP contribution in [-0.2, 0) is 28.5 Å². The maximum atomic E-state index is 11.3. The molecular weight excluding hydrogens is 252 g/mol. The normalized spacial score (nSPS) is 12.2. The summed E-state index contributed by atoms with van der Waals surface area (Å²) in [7, 11) is 3.19. The van der Waals surface area contributed by atoms with Crippen molar-refractivity contribution in [3.8, 4) is 0 Å². The fraction of sp³-hybridized carbons (Fsp3) is 0.769. The molecule has 0 saturated carbocycles. The molecule has 0 aliphatic rings. The van der Waals surface area contributed by atoms with Gasteiger partial charge in [0.1, 0.15) is 12.7 Å². The van der Waals surface area contributed by atoms with Crippen LogP contribution in [0.1, 0.15) is 6.92 Å². The van der Waals surface area contributed by atoms with Gasteiger partial charge >= 0.3 is 5.97 Å². The first-order valence-corrected chi connectivity index (χ1v) is 6.11. The second-order valence-electron chi connectivity index (χ2n) is 3.93. The van der Waals surface area contributed by atoms with Gasteiger partial charge in [0, 0.05) is 19.8 Å². The van der Waals surface area contributed by atoms with E-state index in [2.05, 4.69) is 6.58 Å². The Kier molecular flexibility index (Phi) is 11.5. The molecule has 0 aliphatic heterocycles. The molecule has 0 heterocycles. The fourth-order valence-electron chi connectivity index (χ4n) is 1.09. The first kappa shape index (κ1) is 18.0. The van der Waals surface area contributed by atoms with Gasteiger partial charge in [0.2, 0.25) is 0 Å². The molecule has 0 aromatic heterocycles. The molecule has 6 nitrogen and oxygen atoms in total. The summed E-state index contributed by atoms with van der Waals surface area (Å²) in [5.41, 5.74) is 0.357. The lowest BCUT2D eigenvalue weighted by atomic mass is 10.3. The Morgan fingerprint density at radius 3 is 2.26 bits per heavy atom. The van der Waals surface area contributed by atoms with Gasteiger partial charge in [0.05, 0.1) is 33.0 Å².